The first-order valence-electron chi connectivity index (χ1n) is 6.40. The summed E-state index contributed by atoms with van der Waals surface area (Å²) in [5.41, 5.74) is 2.14. The van der Waals surface area contributed by atoms with Gasteiger partial charge in [0.25, 0.3) is 5.91 Å². The standard InChI is InChI=1S/C14H14FN3OS/c1-8-6-9(15)2-3-10(8)13(19)18-14-17-11-4-5-16-7-12(11)20-14/h2-3,6,16H,4-5,7H2,1H3,(H,17,18,19). The summed E-state index contributed by atoms with van der Waals surface area (Å²) >= 11 is 1.49. The van der Waals surface area contributed by atoms with Crippen LogP contribution in [-0.4, -0.2) is 17.4 Å². The van der Waals surface area contributed by atoms with Crippen LogP contribution in [0.2, 0.25) is 0 Å². The van der Waals surface area contributed by atoms with Gasteiger partial charge in [0.15, 0.2) is 5.13 Å². The molecule has 4 nitrogen and oxygen atoms in total. The first kappa shape index (κ1) is 13.2. The number of carbonyl (C=O) groups is 1. The molecule has 2 aromatic rings. The van der Waals surface area contributed by atoms with Crippen LogP contribution < -0.4 is 10.6 Å². The Morgan fingerprint density at radius 1 is 1.50 bits per heavy atom. The summed E-state index contributed by atoms with van der Waals surface area (Å²) in [5, 5.41) is 6.67. The van der Waals surface area contributed by atoms with Gasteiger partial charge in [0.2, 0.25) is 0 Å². The summed E-state index contributed by atoms with van der Waals surface area (Å²) in [7, 11) is 0. The minimum Gasteiger partial charge on any atom is -0.311 e. The minimum atomic E-state index is -0.338. The van der Waals surface area contributed by atoms with Crippen molar-refractivity contribution < 1.29 is 9.18 Å². The van der Waals surface area contributed by atoms with Gasteiger partial charge >= 0.3 is 0 Å². The van der Waals surface area contributed by atoms with E-state index < -0.39 is 0 Å². The van der Waals surface area contributed by atoms with E-state index in [1.807, 2.05) is 0 Å². The molecule has 104 valence electrons. The predicted molar refractivity (Wildman–Crippen MR) is 76.6 cm³/mol. The molecule has 6 heteroatoms. The fourth-order valence-corrected chi connectivity index (χ4v) is 3.20. The average molecular weight is 291 g/mol. The number of aromatic nitrogens is 1. The van der Waals surface area contributed by atoms with Gasteiger partial charge in [-0.15, -0.1) is 11.3 Å². The van der Waals surface area contributed by atoms with Crippen molar-refractivity contribution in [2.45, 2.75) is 19.9 Å². The van der Waals surface area contributed by atoms with E-state index in [2.05, 4.69) is 15.6 Å². The van der Waals surface area contributed by atoms with Gasteiger partial charge in [-0.2, -0.15) is 0 Å². The zero-order valence-electron chi connectivity index (χ0n) is 11.0. The Balaban J connectivity index is 1.80. The highest BCUT2D eigenvalue weighted by molar-refractivity contribution is 7.15. The Bertz CT molecular complexity index is 645. The number of hydrogen-bond donors (Lipinski definition) is 2. The molecule has 0 aliphatic carbocycles. The highest BCUT2D eigenvalue weighted by Gasteiger charge is 2.17. The number of anilines is 1. The molecule has 2 N–H and O–H groups in total. The Morgan fingerprint density at radius 2 is 2.35 bits per heavy atom. The summed E-state index contributed by atoms with van der Waals surface area (Å²) in [6.07, 6.45) is 0.886. The van der Waals surface area contributed by atoms with E-state index in [9.17, 15) is 9.18 Å². The molecule has 0 spiro atoms. The van der Waals surface area contributed by atoms with Crippen LogP contribution in [0.4, 0.5) is 9.52 Å². The number of hydrogen-bond acceptors (Lipinski definition) is 4. The lowest BCUT2D eigenvalue weighted by Crippen LogP contribution is -2.22. The van der Waals surface area contributed by atoms with E-state index in [1.54, 1.807) is 6.92 Å². The minimum absolute atomic E-state index is 0.249. The Kier molecular flexibility index (Phi) is 3.50. The molecule has 3 rings (SSSR count). The first-order valence-corrected chi connectivity index (χ1v) is 7.22. The SMILES string of the molecule is Cc1cc(F)ccc1C(=O)Nc1nc2c(s1)CNCC2. The van der Waals surface area contributed by atoms with Crippen molar-refractivity contribution >= 4 is 22.4 Å². The van der Waals surface area contributed by atoms with Gasteiger partial charge in [0.1, 0.15) is 5.82 Å². The highest BCUT2D eigenvalue weighted by atomic mass is 32.1. The van der Waals surface area contributed by atoms with E-state index >= 15 is 0 Å². The van der Waals surface area contributed by atoms with E-state index in [4.69, 9.17) is 0 Å². The van der Waals surface area contributed by atoms with Crippen molar-refractivity contribution in [3.8, 4) is 0 Å². The van der Waals surface area contributed by atoms with Gasteiger partial charge in [-0.3, -0.25) is 10.1 Å². The Hall–Kier alpha value is -1.79. The molecule has 0 atom stereocenters. The number of fused-ring (bicyclic) bond motifs is 1. The number of nitrogens with one attached hydrogen (secondary N) is 2. The molecule has 0 saturated carbocycles. The first-order chi connectivity index (χ1) is 9.63. The molecule has 0 bridgehead atoms. The zero-order valence-corrected chi connectivity index (χ0v) is 11.8. The molecule has 2 heterocycles. The van der Waals surface area contributed by atoms with Gasteiger partial charge in [-0.05, 0) is 30.7 Å². The van der Waals surface area contributed by atoms with Crippen LogP contribution in [0, 0.1) is 12.7 Å². The number of benzene rings is 1. The van der Waals surface area contributed by atoms with Crippen LogP contribution in [-0.2, 0) is 13.0 Å². The largest absolute Gasteiger partial charge is 0.311 e. The lowest BCUT2D eigenvalue weighted by Gasteiger charge is -2.09. The van der Waals surface area contributed by atoms with Gasteiger partial charge < -0.3 is 5.32 Å². The van der Waals surface area contributed by atoms with Crippen LogP contribution >= 0.6 is 11.3 Å². The van der Waals surface area contributed by atoms with Crippen LogP contribution in [0.3, 0.4) is 0 Å². The molecule has 20 heavy (non-hydrogen) atoms. The quantitative estimate of drug-likeness (QED) is 0.894. The second-order valence-corrected chi connectivity index (χ2v) is 5.81. The number of aryl methyl sites for hydroxylation is 1. The maximum Gasteiger partial charge on any atom is 0.257 e. The highest BCUT2D eigenvalue weighted by Crippen LogP contribution is 2.26. The van der Waals surface area contributed by atoms with E-state index in [0.717, 1.165) is 25.2 Å². The van der Waals surface area contributed by atoms with Crippen LogP contribution in [0.1, 0.15) is 26.5 Å². The van der Waals surface area contributed by atoms with Crippen molar-refractivity contribution in [1.29, 1.82) is 0 Å². The van der Waals surface area contributed by atoms with Gasteiger partial charge in [-0.25, -0.2) is 9.37 Å². The van der Waals surface area contributed by atoms with Crippen LogP contribution in [0.25, 0.3) is 0 Å². The summed E-state index contributed by atoms with van der Waals surface area (Å²) in [6.45, 7) is 3.44. The molecular formula is C14H14FN3OS. The van der Waals surface area contributed by atoms with Crippen molar-refractivity contribution in [1.82, 2.24) is 10.3 Å². The second kappa shape index (κ2) is 5.30. The molecule has 0 radical (unpaired) electrons. The van der Waals surface area contributed by atoms with Crippen LogP contribution in [0.5, 0.6) is 0 Å². The fraction of sp³-hybridized carbons (Fsp3) is 0.286. The van der Waals surface area contributed by atoms with E-state index in [0.29, 0.717) is 16.3 Å². The number of rotatable bonds is 2. The molecule has 1 amide bonds. The van der Waals surface area contributed by atoms with Crippen molar-refractivity contribution in [3.63, 3.8) is 0 Å². The Labute approximate surface area is 120 Å². The normalized spacial score (nSPS) is 13.9. The topological polar surface area (TPSA) is 54.0 Å². The zero-order chi connectivity index (χ0) is 14.1. The number of nitrogens with zero attached hydrogens (tertiary/aromatic N) is 1. The molecule has 0 unspecified atom stereocenters. The molecule has 0 saturated heterocycles. The molecule has 1 aromatic carbocycles. The summed E-state index contributed by atoms with van der Waals surface area (Å²) in [4.78, 5) is 17.8. The number of thiazole rings is 1. The maximum atomic E-state index is 13.0. The van der Waals surface area contributed by atoms with Crippen molar-refractivity contribution in [2.24, 2.45) is 0 Å². The number of carbonyl (C=O) groups excluding carboxylic acids is 1. The average Bonchev–Trinajstić information content (AvgIpc) is 2.80. The number of amides is 1. The summed E-state index contributed by atoms with van der Waals surface area (Å²) in [6, 6.07) is 4.14. The maximum absolute atomic E-state index is 13.0. The second-order valence-electron chi connectivity index (χ2n) is 4.73. The third-order valence-electron chi connectivity index (χ3n) is 3.26. The van der Waals surface area contributed by atoms with Crippen molar-refractivity contribution in [2.75, 3.05) is 11.9 Å². The Morgan fingerprint density at radius 3 is 3.10 bits per heavy atom. The summed E-state index contributed by atoms with van der Waals surface area (Å²) in [5.74, 6) is -0.587. The van der Waals surface area contributed by atoms with Gasteiger partial charge in [-0.1, -0.05) is 0 Å². The molecule has 1 aliphatic rings. The lowest BCUT2D eigenvalue weighted by atomic mass is 10.1. The molecular weight excluding hydrogens is 277 g/mol. The third-order valence-corrected chi connectivity index (χ3v) is 4.27. The molecule has 1 aliphatic heterocycles. The smallest absolute Gasteiger partial charge is 0.257 e. The molecule has 0 fully saturated rings. The lowest BCUT2D eigenvalue weighted by molar-refractivity contribution is 0.102. The van der Waals surface area contributed by atoms with Crippen LogP contribution in [0.15, 0.2) is 18.2 Å². The van der Waals surface area contributed by atoms with E-state index in [-0.39, 0.29) is 11.7 Å². The van der Waals surface area contributed by atoms with Gasteiger partial charge in [0.05, 0.1) is 5.69 Å². The predicted octanol–water partition coefficient (Wildman–Crippen LogP) is 2.49. The fourth-order valence-electron chi connectivity index (χ4n) is 2.23. The van der Waals surface area contributed by atoms with E-state index in [1.165, 1.54) is 34.4 Å². The monoisotopic (exact) mass is 291 g/mol. The summed E-state index contributed by atoms with van der Waals surface area (Å²) < 4.78 is 13.0. The van der Waals surface area contributed by atoms with Gasteiger partial charge in [0, 0.05) is 30.0 Å². The molecule has 1 aromatic heterocycles. The number of halogens is 1. The third kappa shape index (κ3) is 2.57. The van der Waals surface area contributed by atoms with Crippen molar-refractivity contribution in [3.05, 3.63) is 45.7 Å².